The van der Waals surface area contributed by atoms with Crippen molar-refractivity contribution >= 4 is 17.0 Å². The molecule has 3 aromatic rings. The minimum atomic E-state index is -0.835. The van der Waals surface area contributed by atoms with Gasteiger partial charge in [0, 0.05) is 5.56 Å². The fourth-order valence-electron chi connectivity index (χ4n) is 3.15. The molecule has 0 spiro atoms. The summed E-state index contributed by atoms with van der Waals surface area (Å²) in [6, 6.07) is 15.3. The van der Waals surface area contributed by atoms with Crippen molar-refractivity contribution in [3.8, 4) is 11.4 Å². The first kappa shape index (κ1) is 17.2. The molecule has 0 aliphatic heterocycles. The van der Waals surface area contributed by atoms with Gasteiger partial charge in [0.15, 0.2) is 0 Å². The van der Waals surface area contributed by atoms with Crippen molar-refractivity contribution in [3.63, 3.8) is 0 Å². The zero-order valence-electron chi connectivity index (χ0n) is 15.2. The number of aliphatic carboxylic acids is 1. The lowest BCUT2D eigenvalue weighted by Crippen LogP contribution is -2.19. The number of imidazole rings is 1. The van der Waals surface area contributed by atoms with E-state index in [0.717, 1.165) is 16.6 Å². The molecule has 0 aliphatic rings. The van der Waals surface area contributed by atoms with Crippen LogP contribution in [0, 0.1) is 0 Å². The van der Waals surface area contributed by atoms with Crippen LogP contribution in [-0.4, -0.2) is 20.6 Å². The number of hydrogen-bond donors (Lipinski definition) is 1. The lowest BCUT2D eigenvalue weighted by Gasteiger charge is -2.20. The molecule has 1 aromatic heterocycles. The van der Waals surface area contributed by atoms with Crippen LogP contribution in [0.1, 0.15) is 45.7 Å². The van der Waals surface area contributed by atoms with Gasteiger partial charge in [0.1, 0.15) is 11.9 Å². The first-order valence-electron chi connectivity index (χ1n) is 8.63. The van der Waals surface area contributed by atoms with Crippen molar-refractivity contribution in [3.05, 3.63) is 54.1 Å². The summed E-state index contributed by atoms with van der Waals surface area (Å²) >= 11 is 0. The van der Waals surface area contributed by atoms with E-state index < -0.39 is 12.0 Å². The lowest BCUT2D eigenvalue weighted by atomic mass is 9.86. The molecule has 0 aliphatic carbocycles. The van der Waals surface area contributed by atoms with Crippen LogP contribution in [0.4, 0.5) is 0 Å². The maximum Gasteiger partial charge on any atom is 0.326 e. The van der Waals surface area contributed by atoms with E-state index in [-0.39, 0.29) is 5.41 Å². The summed E-state index contributed by atoms with van der Waals surface area (Å²) in [4.78, 5) is 16.5. The molecule has 0 amide bonds. The Labute approximate surface area is 148 Å². The highest BCUT2D eigenvalue weighted by molar-refractivity contribution is 5.84. The molecule has 1 unspecified atom stereocenters. The first-order valence-corrected chi connectivity index (χ1v) is 8.63. The van der Waals surface area contributed by atoms with Crippen LogP contribution in [0.25, 0.3) is 22.4 Å². The fourth-order valence-corrected chi connectivity index (χ4v) is 3.15. The second kappa shape index (κ2) is 6.36. The number of aromatic nitrogens is 2. The van der Waals surface area contributed by atoms with Crippen LogP contribution in [0.5, 0.6) is 0 Å². The molecular weight excluding hydrogens is 312 g/mol. The molecule has 3 rings (SSSR count). The highest BCUT2D eigenvalue weighted by Gasteiger charge is 2.24. The van der Waals surface area contributed by atoms with Crippen molar-refractivity contribution in [1.29, 1.82) is 0 Å². The molecule has 1 atom stereocenters. The highest BCUT2D eigenvalue weighted by atomic mass is 16.4. The van der Waals surface area contributed by atoms with Gasteiger partial charge in [0.2, 0.25) is 0 Å². The molecular formula is C21H24N2O2. The summed E-state index contributed by atoms with van der Waals surface area (Å²) in [6.07, 6.45) is 0.503. The van der Waals surface area contributed by atoms with Gasteiger partial charge in [-0.3, -0.25) is 0 Å². The molecule has 130 valence electrons. The number of fused-ring (bicyclic) bond motifs is 1. The van der Waals surface area contributed by atoms with E-state index in [4.69, 9.17) is 4.98 Å². The second-order valence-corrected chi connectivity index (χ2v) is 7.38. The predicted molar refractivity (Wildman–Crippen MR) is 101 cm³/mol. The number of hydrogen-bond acceptors (Lipinski definition) is 2. The van der Waals surface area contributed by atoms with Crippen LogP contribution >= 0.6 is 0 Å². The summed E-state index contributed by atoms with van der Waals surface area (Å²) in [7, 11) is 0. The van der Waals surface area contributed by atoms with E-state index in [1.807, 2.05) is 47.9 Å². The summed E-state index contributed by atoms with van der Waals surface area (Å²) in [5.74, 6) is -0.130. The topological polar surface area (TPSA) is 55.1 Å². The number of carboxylic acid groups (broad SMARTS) is 1. The van der Waals surface area contributed by atoms with Crippen LogP contribution in [0.15, 0.2) is 48.5 Å². The van der Waals surface area contributed by atoms with Gasteiger partial charge < -0.3 is 9.67 Å². The minimum Gasteiger partial charge on any atom is -0.480 e. The van der Waals surface area contributed by atoms with Gasteiger partial charge in [-0.05, 0) is 29.5 Å². The van der Waals surface area contributed by atoms with Crippen molar-refractivity contribution in [2.45, 2.75) is 45.6 Å². The van der Waals surface area contributed by atoms with E-state index in [2.05, 4.69) is 32.9 Å². The summed E-state index contributed by atoms with van der Waals surface area (Å²) in [6.45, 7) is 8.42. The molecule has 0 saturated carbocycles. The smallest absolute Gasteiger partial charge is 0.326 e. The van der Waals surface area contributed by atoms with Gasteiger partial charge in [-0.25, -0.2) is 9.78 Å². The number of carbonyl (C=O) groups is 1. The highest BCUT2D eigenvalue weighted by Crippen LogP contribution is 2.31. The SMILES string of the molecule is CCC(C(=O)O)n1c(-c2ccc(C(C)(C)C)cc2)nc2ccccc21. The number of rotatable bonds is 4. The molecule has 1 heterocycles. The molecule has 0 fully saturated rings. The molecule has 0 bridgehead atoms. The Morgan fingerprint density at radius 1 is 1.12 bits per heavy atom. The Balaban J connectivity index is 2.20. The van der Waals surface area contributed by atoms with E-state index in [0.29, 0.717) is 12.2 Å². The quantitative estimate of drug-likeness (QED) is 0.726. The zero-order valence-corrected chi connectivity index (χ0v) is 15.2. The Hall–Kier alpha value is -2.62. The monoisotopic (exact) mass is 336 g/mol. The van der Waals surface area contributed by atoms with E-state index >= 15 is 0 Å². The number of para-hydroxylation sites is 2. The van der Waals surface area contributed by atoms with Crippen LogP contribution in [0.2, 0.25) is 0 Å². The average molecular weight is 336 g/mol. The maximum atomic E-state index is 11.8. The van der Waals surface area contributed by atoms with Gasteiger partial charge >= 0.3 is 5.97 Å². The molecule has 4 nitrogen and oxygen atoms in total. The van der Waals surface area contributed by atoms with Crippen LogP contribution in [-0.2, 0) is 10.2 Å². The third kappa shape index (κ3) is 3.16. The van der Waals surface area contributed by atoms with Crippen LogP contribution < -0.4 is 0 Å². The standard InChI is InChI=1S/C21H24N2O2/c1-5-17(20(24)25)23-18-9-7-6-8-16(18)22-19(23)14-10-12-15(13-11-14)21(2,3)4/h6-13,17H,5H2,1-4H3,(H,24,25). The van der Waals surface area contributed by atoms with Crippen molar-refractivity contribution in [2.75, 3.05) is 0 Å². The third-order valence-corrected chi connectivity index (χ3v) is 4.59. The van der Waals surface area contributed by atoms with Gasteiger partial charge in [-0.1, -0.05) is 64.1 Å². The van der Waals surface area contributed by atoms with E-state index in [1.165, 1.54) is 5.56 Å². The van der Waals surface area contributed by atoms with Crippen LogP contribution in [0.3, 0.4) is 0 Å². The number of carboxylic acids is 1. The number of nitrogens with zero attached hydrogens (tertiary/aromatic N) is 2. The van der Waals surface area contributed by atoms with Gasteiger partial charge in [-0.2, -0.15) is 0 Å². The molecule has 1 N–H and O–H groups in total. The molecule has 0 saturated heterocycles. The van der Waals surface area contributed by atoms with Gasteiger partial charge in [0.25, 0.3) is 0 Å². The van der Waals surface area contributed by atoms with Crippen molar-refractivity contribution in [1.82, 2.24) is 9.55 Å². The Kier molecular flexibility index (Phi) is 4.38. The summed E-state index contributed by atoms with van der Waals surface area (Å²) in [5.41, 5.74) is 3.92. The summed E-state index contributed by atoms with van der Waals surface area (Å²) in [5, 5.41) is 9.68. The number of benzene rings is 2. The predicted octanol–water partition coefficient (Wildman–Crippen LogP) is 5.04. The Morgan fingerprint density at radius 3 is 2.32 bits per heavy atom. The minimum absolute atomic E-state index is 0.0751. The van der Waals surface area contributed by atoms with Gasteiger partial charge in [0.05, 0.1) is 11.0 Å². The lowest BCUT2D eigenvalue weighted by molar-refractivity contribution is -0.140. The Morgan fingerprint density at radius 2 is 1.76 bits per heavy atom. The van der Waals surface area contributed by atoms with Crippen molar-refractivity contribution in [2.24, 2.45) is 0 Å². The van der Waals surface area contributed by atoms with E-state index in [1.54, 1.807) is 0 Å². The fraction of sp³-hybridized carbons (Fsp3) is 0.333. The maximum absolute atomic E-state index is 11.8. The Bertz CT molecular complexity index is 902. The summed E-state index contributed by atoms with van der Waals surface area (Å²) < 4.78 is 1.85. The largest absolute Gasteiger partial charge is 0.480 e. The molecule has 4 heteroatoms. The normalized spacial score (nSPS) is 13.1. The molecule has 2 aromatic carbocycles. The van der Waals surface area contributed by atoms with Gasteiger partial charge in [-0.15, -0.1) is 0 Å². The van der Waals surface area contributed by atoms with Crippen molar-refractivity contribution < 1.29 is 9.90 Å². The zero-order chi connectivity index (χ0) is 18.2. The first-order chi connectivity index (χ1) is 11.8. The average Bonchev–Trinajstić information content (AvgIpc) is 2.94. The van der Waals surface area contributed by atoms with E-state index in [9.17, 15) is 9.90 Å². The molecule has 0 radical (unpaired) electrons. The third-order valence-electron chi connectivity index (χ3n) is 4.59. The second-order valence-electron chi connectivity index (χ2n) is 7.38. The molecule has 25 heavy (non-hydrogen) atoms.